The first kappa shape index (κ1) is 21.1. The number of hydrogen-bond donors (Lipinski definition) is 0. The van der Waals surface area contributed by atoms with Crippen LogP contribution in [0.2, 0.25) is 0 Å². The van der Waals surface area contributed by atoms with Gasteiger partial charge in [0.1, 0.15) is 5.75 Å². The van der Waals surface area contributed by atoms with Crippen LogP contribution < -0.4 is 4.74 Å². The third kappa shape index (κ3) is 5.68. The average Bonchev–Trinajstić information content (AvgIpc) is 2.73. The highest BCUT2D eigenvalue weighted by molar-refractivity contribution is 7.88. The minimum atomic E-state index is -3.39. The van der Waals surface area contributed by atoms with Gasteiger partial charge in [0.05, 0.1) is 12.4 Å². The summed E-state index contributed by atoms with van der Waals surface area (Å²) in [6.07, 6.45) is 3.26. The van der Waals surface area contributed by atoms with Crippen molar-refractivity contribution in [1.29, 1.82) is 0 Å². The number of hydrogen-bond acceptors (Lipinski definition) is 4. The number of ether oxygens (including phenoxy) is 1. The second-order valence-corrected chi connectivity index (χ2v) is 8.74. The van der Waals surface area contributed by atoms with Gasteiger partial charge in [-0.3, -0.25) is 4.79 Å². The van der Waals surface area contributed by atoms with Crippen LogP contribution in [0.5, 0.6) is 5.75 Å². The maximum atomic E-state index is 12.6. The minimum Gasteiger partial charge on any atom is -0.493 e. The predicted octanol–water partition coefficient (Wildman–Crippen LogP) is 2.77. The van der Waals surface area contributed by atoms with Crippen molar-refractivity contribution < 1.29 is 17.9 Å². The Hall–Kier alpha value is -2.64. The highest BCUT2D eigenvalue weighted by atomic mass is 32.2. The number of nitrogens with zero attached hydrogens (tertiary/aromatic N) is 2. The van der Waals surface area contributed by atoms with Gasteiger partial charge in [0.25, 0.3) is 0 Å². The second-order valence-electron chi connectivity index (χ2n) is 6.77. The van der Waals surface area contributed by atoms with E-state index in [0.29, 0.717) is 32.8 Å². The molecular weight excluding hydrogens is 388 g/mol. The van der Waals surface area contributed by atoms with Crippen LogP contribution in [0.15, 0.2) is 60.7 Å². The van der Waals surface area contributed by atoms with Crippen LogP contribution in [0.3, 0.4) is 0 Å². The summed E-state index contributed by atoms with van der Waals surface area (Å²) in [4.78, 5) is 14.2. The summed E-state index contributed by atoms with van der Waals surface area (Å²) >= 11 is 0. The van der Waals surface area contributed by atoms with Crippen LogP contribution in [0, 0.1) is 0 Å². The number of para-hydroxylation sites is 1. The quantitative estimate of drug-likeness (QED) is 0.654. The standard InChI is InChI=1S/C22H26N2O4S/c1-2-28-21-11-7-6-10-20(21)12-13-22(25)23-14-16-24(17-15-23)29(26,27)18-19-8-4-3-5-9-19/h3-13H,2,14-18H2,1H3. The van der Waals surface area contributed by atoms with Crippen LogP contribution in [0.25, 0.3) is 6.08 Å². The van der Waals surface area contributed by atoms with Crippen molar-refractivity contribution in [3.8, 4) is 5.75 Å². The molecule has 0 atom stereocenters. The van der Waals surface area contributed by atoms with E-state index in [0.717, 1.165) is 16.9 Å². The van der Waals surface area contributed by atoms with Gasteiger partial charge >= 0.3 is 0 Å². The van der Waals surface area contributed by atoms with Crippen LogP contribution in [0.1, 0.15) is 18.1 Å². The molecule has 0 spiro atoms. The van der Waals surface area contributed by atoms with Crippen molar-refractivity contribution >= 4 is 22.0 Å². The molecule has 3 rings (SSSR count). The smallest absolute Gasteiger partial charge is 0.246 e. The highest BCUT2D eigenvalue weighted by Crippen LogP contribution is 2.20. The number of carbonyl (C=O) groups excluding carboxylic acids is 1. The molecule has 1 saturated heterocycles. The number of piperazine rings is 1. The van der Waals surface area contributed by atoms with Crippen molar-refractivity contribution in [3.05, 3.63) is 71.8 Å². The first-order valence-corrected chi connectivity index (χ1v) is 11.3. The Morgan fingerprint density at radius 1 is 1.00 bits per heavy atom. The minimum absolute atomic E-state index is 0.0180. The molecule has 0 saturated carbocycles. The van der Waals surface area contributed by atoms with Gasteiger partial charge in [-0.2, -0.15) is 4.31 Å². The Bertz CT molecular complexity index is 950. The van der Waals surface area contributed by atoms with E-state index in [1.54, 1.807) is 11.0 Å². The lowest BCUT2D eigenvalue weighted by Crippen LogP contribution is -2.50. The fourth-order valence-electron chi connectivity index (χ4n) is 3.23. The third-order valence-corrected chi connectivity index (χ3v) is 6.61. The Morgan fingerprint density at radius 2 is 1.66 bits per heavy atom. The van der Waals surface area contributed by atoms with Gasteiger partial charge in [-0.1, -0.05) is 48.5 Å². The van der Waals surface area contributed by atoms with E-state index < -0.39 is 10.0 Å². The Kier molecular flexibility index (Phi) is 7.06. The molecule has 1 fully saturated rings. The lowest BCUT2D eigenvalue weighted by Gasteiger charge is -2.33. The first-order valence-electron chi connectivity index (χ1n) is 9.70. The van der Waals surface area contributed by atoms with Crippen LogP contribution in [-0.4, -0.2) is 56.3 Å². The summed E-state index contributed by atoms with van der Waals surface area (Å²) < 4.78 is 32.3. The molecule has 0 N–H and O–H groups in total. The number of rotatable bonds is 7. The molecule has 0 bridgehead atoms. The summed E-state index contributed by atoms with van der Waals surface area (Å²) in [5.41, 5.74) is 1.61. The zero-order chi connectivity index (χ0) is 20.7. The van der Waals surface area contributed by atoms with Gasteiger partial charge in [0.15, 0.2) is 0 Å². The molecular formula is C22H26N2O4S. The SMILES string of the molecule is CCOc1ccccc1C=CC(=O)N1CCN(S(=O)(=O)Cc2ccccc2)CC1. The highest BCUT2D eigenvalue weighted by Gasteiger charge is 2.28. The molecule has 0 radical (unpaired) electrons. The summed E-state index contributed by atoms with van der Waals surface area (Å²) in [7, 11) is -3.39. The van der Waals surface area contributed by atoms with E-state index >= 15 is 0 Å². The monoisotopic (exact) mass is 414 g/mol. The Labute approximate surface area is 172 Å². The molecule has 1 aliphatic heterocycles. The summed E-state index contributed by atoms with van der Waals surface area (Å²) in [6, 6.07) is 16.7. The van der Waals surface area contributed by atoms with Gasteiger partial charge < -0.3 is 9.64 Å². The summed E-state index contributed by atoms with van der Waals surface area (Å²) in [6.45, 7) is 3.85. The van der Waals surface area contributed by atoms with Crippen molar-refractivity contribution in [1.82, 2.24) is 9.21 Å². The van der Waals surface area contributed by atoms with Crippen LogP contribution in [0.4, 0.5) is 0 Å². The summed E-state index contributed by atoms with van der Waals surface area (Å²) in [5, 5.41) is 0. The normalized spacial score (nSPS) is 15.6. The van der Waals surface area contributed by atoms with Crippen molar-refractivity contribution in [2.45, 2.75) is 12.7 Å². The molecule has 0 aliphatic carbocycles. The fourth-order valence-corrected chi connectivity index (χ4v) is 4.75. The molecule has 0 aromatic heterocycles. The van der Waals surface area contributed by atoms with Crippen LogP contribution >= 0.6 is 0 Å². The van der Waals surface area contributed by atoms with Crippen LogP contribution in [-0.2, 0) is 20.6 Å². The van der Waals surface area contributed by atoms with Crippen molar-refractivity contribution in [2.75, 3.05) is 32.8 Å². The number of carbonyl (C=O) groups is 1. The van der Waals surface area contributed by atoms with E-state index in [9.17, 15) is 13.2 Å². The van der Waals surface area contributed by atoms with Crippen molar-refractivity contribution in [3.63, 3.8) is 0 Å². The lowest BCUT2D eigenvalue weighted by atomic mass is 10.2. The molecule has 7 heteroatoms. The molecule has 29 heavy (non-hydrogen) atoms. The zero-order valence-corrected chi connectivity index (χ0v) is 17.3. The fraction of sp³-hybridized carbons (Fsp3) is 0.318. The zero-order valence-electron chi connectivity index (χ0n) is 16.5. The average molecular weight is 415 g/mol. The van der Waals surface area contributed by atoms with E-state index in [1.807, 2.05) is 61.5 Å². The van der Waals surface area contributed by atoms with E-state index in [4.69, 9.17) is 4.74 Å². The Morgan fingerprint density at radius 3 is 2.34 bits per heavy atom. The number of benzene rings is 2. The van der Waals surface area contributed by atoms with E-state index in [2.05, 4.69) is 0 Å². The van der Waals surface area contributed by atoms with Gasteiger partial charge in [-0.15, -0.1) is 0 Å². The lowest BCUT2D eigenvalue weighted by molar-refractivity contribution is -0.127. The summed E-state index contributed by atoms with van der Waals surface area (Å²) in [5.74, 6) is 0.586. The number of amides is 1. The maximum Gasteiger partial charge on any atom is 0.246 e. The van der Waals surface area contributed by atoms with Gasteiger partial charge in [0, 0.05) is 37.8 Å². The molecule has 1 amide bonds. The third-order valence-electron chi connectivity index (χ3n) is 4.76. The molecule has 2 aromatic carbocycles. The molecule has 154 valence electrons. The molecule has 0 unspecified atom stereocenters. The molecule has 1 aliphatic rings. The largest absolute Gasteiger partial charge is 0.493 e. The van der Waals surface area contributed by atoms with Crippen molar-refractivity contribution in [2.24, 2.45) is 0 Å². The van der Waals surface area contributed by atoms with E-state index in [1.165, 1.54) is 10.4 Å². The predicted molar refractivity (Wildman–Crippen MR) is 114 cm³/mol. The Balaban J connectivity index is 1.57. The van der Waals surface area contributed by atoms with E-state index in [-0.39, 0.29) is 11.7 Å². The molecule has 2 aromatic rings. The van der Waals surface area contributed by atoms with Gasteiger partial charge in [-0.05, 0) is 24.6 Å². The number of sulfonamides is 1. The first-order chi connectivity index (χ1) is 14.0. The topological polar surface area (TPSA) is 66.9 Å². The molecule has 1 heterocycles. The molecule has 6 nitrogen and oxygen atoms in total. The maximum absolute atomic E-state index is 12.6. The van der Waals surface area contributed by atoms with Gasteiger partial charge in [0.2, 0.25) is 15.9 Å². The second kappa shape index (κ2) is 9.71. The van der Waals surface area contributed by atoms with Gasteiger partial charge in [-0.25, -0.2) is 8.42 Å².